The van der Waals surface area contributed by atoms with Gasteiger partial charge in [-0.3, -0.25) is 4.79 Å². The average Bonchev–Trinajstić information content (AvgIpc) is 2.93. The maximum atomic E-state index is 13.2. The van der Waals surface area contributed by atoms with Gasteiger partial charge in [0.25, 0.3) is 5.91 Å². The highest BCUT2D eigenvalue weighted by atomic mass is 35.5. The molecule has 1 heterocycles. The Bertz CT molecular complexity index is 999. The van der Waals surface area contributed by atoms with Gasteiger partial charge in [-0.15, -0.1) is 0 Å². The minimum atomic E-state index is -1.24. The maximum Gasteiger partial charge on any atom is 0.356 e. The minimum absolute atomic E-state index is 0.166. The molecule has 0 spiro atoms. The lowest BCUT2D eigenvalue weighted by atomic mass is 10.2. The van der Waals surface area contributed by atoms with Gasteiger partial charge in [-0.05, 0) is 43.3 Å². The van der Waals surface area contributed by atoms with E-state index in [1.807, 2.05) is 0 Å². The Labute approximate surface area is 152 Å². The van der Waals surface area contributed by atoms with E-state index in [4.69, 9.17) is 11.6 Å². The molecule has 1 amide bonds. The van der Waals surface area contributed by atoms with Crippen LogP contribution in [0, 0.1) is 12.7 Å². The van der Waals surface area contributed by atoms with Gasteiger partial charge in [-0.25, -0.2) is 13.9 Å². The summed E-state index contributed by atoms with van der Waals surface area (Å²) in [5.41, 5.74) is 0.680. The van der Waals surface area contributed by atoms with Crippen molar-refractivity contribution < 1.29 is 19.1 Å². The number of aromatic nitrogens is 2. The first-order chi connectivity index (χ1) is 12.4. The Morgan fingerprint density at radius 1 is 1.15 bits per heavy atom. The molecule has 26 heavy (non-hydrogen) atoms. The molecule has 132 valence electrons. The second-order valence-electron chi connectivity index (χ2n) is 5.45. The summed E-state index contributed by atoms with van der Waals surface area (Å²) >= 11 is 6.04. The highest BCUT2D eigenvalue weighted by molar-refractivity contribution is 6.34. The second kappa shape index (κ2) is 6.97. The maximum absolute atomic E-state index is 13.2. The van der Waals surface area contributed by atoms with E-state index in [9.17, 15) is 19.1 Å². The van der Waals surface area contributed by atoms with Crippen LogP contribution in [-0.2, 0) is 0 Å². The lowest BCUT2D eigenvalue weighted by Crippen LogP contribution is -2.16. The van der Waals surface area contributed by atoms with E-state index in [-0.39, 0.29) is 27.7 Å². The molecule has 0 atom stereocenters. The summed E-state index contributed by atoms with van der Waals surface area (Å²) < 4.78 is 14.4. The van der Waals surface area contributed by atoms with Gasteiger partial charge in [-0.1, -0.05) is 23.7 Å². The zero-order valence-corrected chi connectivity index (χ0v) is 14.3. The number of hydrogen-bond acceptors (Lipinski definition) is 3. The van der Waals surface area contributed by atoms with Crippen molar-refractivity contribution in [2.75, 3.05) is 5.32 Å². The Morgan fingerprint density at radius 3 is 2.42 bits per heavy atom. The molecule has 2 aromatic carbocycles. The molecular weight excluding hydrogens is 361 g/mol. The van der Waals surface area contributed by atoms with E-state index < -0.39 is 17.7 Å². The summed E-state index contributed by atoms with van der Waals surface area (Å²) in [5.74, 6) is -2.04. The van der Waals surface area contributed by atoms with Crippen molar-refractivity contribution in [3.8, 4) is 5.69 Å². The molecule has 6 nitrogen and oxygen atoms in total. The molecule has 3 rings (SSSR count). The van der Waals surface area contributed by atoms with Crippen LogP contribution >= 0.6 is 11.6 Å². The number of carbonyl (C=O) groups is 2. The fraction of sp³-hybridized carbons (Fsp3) is 0.0556. The Kier molecular flexibility index (Phi) is 4.73. The monoisotopic (exact) mass is 373 g/mol. The molecule has 0 radical (unpaired) electrons. The number of hydrogen-bond donors (Lipinski definition) is 2. The summed E-state index contributed by atoms with van der Waals surface area (Å²) in [6, 6.07) is 11.8. The van der Waals surface area contributed by atoms with Crippen molar-refractivity contribution in [1.82, 2.24) is 9.78 Å². The van der Waals surface area contributed by atoms with Crippen LogP contribution in [0.3, 0.4) is 0 Å². The predicted molar refractivity (Wildman–Crippen MR) is 94.6 cm³/mol. The van der Waals surface area contributed by atoms with Gasteiger partial charge in [0, 0.05) is 5.56 Å². The number of nitrogens with one attached hydrogen (secondary N) is 1. The van der Waals surface area contributed by atoms with Gasteiger partial charge in [0.15, 0.2) is 5.69 Å². The van der Waals surface area contributed by atoms with Crippen molar-refractivity contribution in [3.63, 3.8) is 0 Å². The van der Waals surface area contributed by atoms with E-state index in [1.165, 1.54) is 35.9 Å². The number of rotatable bonds is 4. The lowest BCUT2D eigenvalue weighted by Gasteiger charge is -2.11. The topological polar surface area (TPSA) is 84.2 Å². The zero-order valence-electron chi connectivity index (χ0n) is 13.5. The molecule has 0 fully saturated rings. The standard InChI is InChI=1S/C18H13ClFN3O3/c1-10-15(18(25)26)22-23(12-8-6-11(20)7-9-12)16(10)21-17(24)13-4-2-3-5-14(13)19/h2-9H,1H3,(H,21,24)(H,25,26). The van der Waals surface area contributed by atoms with E-state index in [0.29, 0.717) is 5.69 Å². The van der Waals surface area contributed by atoms with E-state index in [1.54, 1.807) is 24.3 Å². The summed E-state index contributed by atoms with van der Waals surface area (Å²) in [6.07, 6.45) is 0. The summed E-state index contributed by atoms with van der Waals surface area (Å²) in [5, 5.41) is 16.2. The van der Waals surface area contributed by atoms with E-state index >= 15 is 0 Å². The van der Waals surface area contributed by atoms with Gasteiger partial charge in [0.2, 0.25) is 0 Å². The molecule has 0 saturated heterocycles. The highest BCUT2D eigenvalue weighted by Crippen LogP contribution is 2.25. The number of benzene rings is 2. The molecule has 0 unspecified atom stereocenters. The van der Waals surface area contributed by atoms with Gasteiger partial charge < -0.3 is 10.4 Å². The zero-order chi connectivity index (χ0) is 18.8. The Morgan fingerprint density at radius 2 is 1.81 bits per heavy atom. The summed E-state index contributed by atoms with van der Waals surface area (Å²) in [4.78, 5) is 24.0. The van der Waals surface area contributed by atoms with Crippen LogP contribution < -0.4 is 5.32 Å². The number of carboxylic acids is 1. The first kappa shape index (κ1) is 17.6. The van der Waals surface area contributed by atoms with Crippen LogP contribution in [0.5, 0.6) is 0 Å². The average molecular weight is 374 g/mol. The third kappa shape index (κ3) is 3.29. The predicted octanol–water partition coefficient (Wildman–Crippen LogP) is 3.92. The number of anilines is 1. The third-order valence-electron chi connectivity index (χ3n) is 3.75. The summed E-state index contributed by atoms with van der Waals surface area (Å²) in [7, 11) is 0. The normalized spacial score (nSPS) is 10.6. The van der Waals surface area contributed by atoms with Crippen LogP contribution in [0.2, 0.25) is 5.02 Å². The van der Waals surface area contributed by atoms with Gasteiger partial charge in [0.05, 0.1) is 16.3 Å². The molecule has 0 bridgehead atoms. The minimum Gasteiger partial charge on any atom is -0.476 e. The molecular formula is C18H13ClFN3O3. The van der Waals surface area contributed by atoms with Crippen molar-refractivity contribution >= 4 is 29.3 Å². The van der Waals surface area contributed by atoms with Crippen LogP contribution in [0.25, 0.3) is 5.69 Å². The SMILES string of the molecule is Cc1c(C(=O)O)nn(-c2ccc(F)cc2)c1NC(=O)c1ccccc1Cl. The molecule has 0 aliphatic carbocycles. The van der Waals surface area contributed by atoms with Crippen molar-refractivity contribution in [2.45, 2.75) is 6.92 Å². The summed E-state index contributed by atoms with van der Waals surface area (Å²) in [6.45, 7) is 1.53. The quantitative estimate of drug-likeness (QED) is 0.725. The van der Waals surface area contributed by atoms with Gasteiger partial charge in [0.1, 0.15) is 11.6 Å². The number of carboxylic acid groups (broad SMARTS) is 1. The van der Waals surface area contributed by atoms with Gasteiger partial charge in [-0.2, -0.15) is 5.10 Å². The number of aromatic carboxylic acids is 1. The first-order valence-electron chi connectivity index (χ1n) is 7.53. The number of halogens is 2. The molecule has 0 saturated carbocycles. The van der Waals surface area contributed by atoms with Crippen LogP contribution in [0.1, 0.15) is 26.4 Å². The van der Waals surface area contributed by atoms with E-state index in [2.05, 4.69) is 10.4 Å². The lowest BCUT2D eigenvalue weighted by molar-refractivity contribution is 0.0689. The Balaban J connectivity index is 2.08. The highest BCUT2D eigenvalue weighted by Gasteiger charge is 2.23. The molecule has 0 aliphatic rings. The number of amides is 1. The molecule has 3 aromatic rings. The van der Waals surface area contributed by atoms with Gasteiger partial charge >= 0.3 is 5.97 Å². The van der Waals surface area contributed by atoms with Crippen molar-refractivity contribution in [3.05, 3.63) is 76.2 Å². The number of carbonyl (C=O) groups excluding carboxylic acids is 1. The smallest absolute Gasteiger partial charge is 0.356 e. The van der Waals surface area contributed by atoms with Crippen molar-refractivity contribution in [2.24, 2.45) is 0 Å². The second-order valence-corrected chi connectivity index (χ2v) is 5.86. The van der Waals surface area contributed by atoms with Crippen molar-refractivity contribution in [1.29, 1.82) is 0 Å². The first-order valence-corrected chi connectivity index (χ1v) is 7.91. The molecule has 8 heteroatoms. The fourth-order valence-electron chi connectivity index (χ4n) is 2.44. The van der Waals surface area contributed by atoms with Crippen LogP contribution in [0.15, 0.2) is 48.5 Å². The van der Waals surface area contributed by atoms with E-state index in [0.717, 1.165) is 0 Å². The third-order valence-corrected chi connectivity index (χ3v) is 4.08. The Hall–Kier alpha value is -3.19. The van der Waals surface area contributed by atoms with Crippen LogP contribution in [0.4, 0.5) is 10.2 Å². The molecule has 0 aliphatic heterocycles. The number of nitrogens with zero attached hydrogens (tertiary/aromatic N) is 2. The molecule has 1 aromatic heterocycles. The van der Waals surface area contributed by atoms with Crippen LogP contribution in [-0.4, -0.2) is 26.8 Å². The largest absolute Gasteiger partial charge is 0.476 e. The fourth-order valence-corrected chi connectivity index (χ4v) is 2.66. The molecule has 2 N–H and O–H groups in total.